The maximum absolute atomic E-state index is 5.66. The maximum Gasteiger partial charge on any atom is 0.0730 e. The first-order chi connectivity index (χ1) is 5.55. The second-order valence-electron chi connectivity index (χ2n) is 3.76. The summed E-state index contributed by atoms with van der Waals surface area (Å²) in [6.45, 7) is 5.11. The van der Waals surface area contributed by atoms with E-state index >= 15 is 0 Å². The van der Waals surface area contributed by atoms with E-state index in [-0.39, 0.29) is 5.41 Å². The number of halogens is 1. The minimum Gasteiger partial charge on any atom is -0.330 e. The third-order valence-electron chi connectivity index (χ3n) is 1.91. The second kappa shape index (κ2) is 3.90. The van der Waals surface area contributed by atoms with Crippen LogP contribution in [-0.4, -0.2) is 6.54 Å². The maximum atomic E-state index is 5.66. The highest BCUT2D eigenvalue weighted by atomic mass is 79.9. The molecule has 3 heteroatoms. The molecule has 0 unspecified atom stereocenters. The number of rotatable bonds is 3. The zero-order chi connectivity index (χ0) is 9.19. The Hall–Kier alpha value is 0.140. The summed E-state index contributed by atoms with van der Waals surface area (Å²) in [5.74, 6) is 0. The molecule has 2 N–H and O–H groups in total. The Morgan fingerprint density at radius 2 is 2.25 bits per heavy atom. The lowest BCUT2D eigenvalue weighted by atomic mass is 9.87. The van der Waals surface area contributed by atoms with Crippen molar-refractivity contribution in [3.63, 3.8) is 0 Å². The van der Waals surface area contributed by atoms with Gasteiger partial charge in [0.15, 0.2) is 0 Å². The lowest BCUT2D eigenvalue weighted by Gasteiger charge is -2.21. The molecule has 0 amide bonds. The summed E-state index contributed by atoms with van der Waals surface area (Å²) in [5.41, 5.74) is 7.24. The Labute approximate surface area is 86.1 Å². The van der Waals surface area contributed by atoms with Gasteiger partial charge in [0.1, 0.15) is 0 Å². The van der Waals surface area contributed by atoms with Gasteiger partial charge in [-0.05, 0) is 51.3 Å². The van der Waals surface area contributed by atoms with Crippen LogP contribution in [0.3, 0.4) is 0 Å². The van der Waals surface area contributed by atoms with Crippen molar-refractivity contribution >= 4 is 27.3 Å². The van der Waals surface area contributed by atoms with Crippen molar-refractivity contribution in [1.82, 2.24) is 0 Å². The fourth-order valence-corrected chi connectivity index (χ4v) is 2.27. The van der Waals surface area contributed by atoms with Crippen LogP contribution in [0.2, 0.25) is 0 Å². The molecular formula is C9H14BrNS. The van der Waals surface area contributed by atoms with E-state index in [1.54, 1.807) is 11.3 Å². The molecule has 1 rings (SSSR count). The van der Waals surface area contributed by atoms with Crippen molar-refractivity contribution in [1.29, 1.82) is 0 Å². The van der Waals surface area contributed by atoms with Crippen molar-refractivity contribution < 1.29 is 0 Å². The highest BCUT2D eigenvalue weighted by Crippen LogP contribution is 2.29. The minimum atomic E-state index is 0.212. The predicted molar refractivity (Wildman–Crippen MR) is 58.6 cm³/mol. The van der Waals surface area contributed by atoms with Crippen LogP contribution in [0.4, 0.5) is 0 Å². The third-order valence-corrected chi connectivity index (χ3v) is 3.73. The van der Waals surface area contributed by atoms with E-state index in [2.05, 4.69) is 41.2 Å². The lowest BCUT2D eigenvalue weighted by Crippen LogP contribution is -2.25. The summed E-state index contributed by atoms with van der Waals surface area (Å²) < 4.78 is 1.24. The highest BCUT2D eigenvalue weighted by molar-refractivity contribution is 9.11. The van der Waals surface area contributed by atoms with E-state index < -0.39 is 0 Å². The topological polar surface area (TPSA) is 26.0 Å². The van der Waals surface area contributed by atoms with Crippen LogP contribution in [0.15, 0.2) is 15.2 Å². The molecule has 1 heterocycles. The molecule has 0 aliphatic heterocycles. The standard InChI is InChI=1S/C9H14BrNS/c1-9(2,6-11)5-7-3-4-12-8(7)10/h3-4H,5-6,11H2,1-2H3. The Kier molecular flexibility index (Phi) is 3.32. The van der Waals surface area contributed by atoms with Gasteiger partial charge >= 0.3 is 0 Å². The SMILES string of the molecule is CC(C)(CN)Cc1ccsc1Br. The van der Waals surface area contributed by atoms with Crippen LogP contribution in [-0.2, 0) is 6.42 Å². The van der Waals surface area contributed by atoms with E-state index in [0.29, 0.717) is 0 Å². The first-order valence-corrected chi connectivity index (χ1v) is 5.64. The Balaban J connectivity index is 2.70. The molecule has 0 radical (unpaired) electrons. The predicted octanol–water partition coefficient (Wildman–Crippen LogP) is 3.04. The van der Waals surface area contributed by atoms with E-state index in [4.69, 9.17) is 5.73 Å². The summed E-state index contributed by atoms with van der Waals surface area (Å²) >= 11 is 5.26. The summed E-state index contributed by atoms with van der Waals surface area (Å²) in [7, 11) is 0. The molecule has 1 aromatic heterocycles. The van der Waals surface area contributed by atoms with Gasteiger partial charge in [-0.15, -0.1) is 11.3 Å². The Morgan fingerprint density at radius 1 is 1.58 bits per heavy atom. The molecule has 1 aromatic rings. The normalized spacial score (nSPS) is 12.0. The van der Waals surface area contributed by atoms with E-state index in [9.17, 15) is 0 Å². The van der Waals surface area contributed by atoms with Gasteiger partial charge in [-0.2, -0.15) is 0 Å². The molecule has 0 bridgehead atoms. The molecule has 0 saturated heterocycles. The van der Waals surface area contributed by atoms with Gasteiger partial charge in [-0.25, -0.2) is 0 Å². The molecule has 0 saturated carbocycles. The van der Waals surface area contributed by atoms with E-state index in [1.165, 1.54) is 9.35 Å². The van der Waals surface area contributed by atoms with Crippen LogP contribution >= 0.6 is 27.3 Å². The van der Waals surface area contributed by atoms with Crippen molar-refractivity contribution in [3.05, 3.63) is 20.8 Å². The van der Waals surface area contributed by atoms with Crippen molar-refractivity contribution in [2.45, 2.75) is 20.3 Å². The van der Waals surface area contributed by atoms with Crippen LogP contribution in [0, 0.1) is 5.41 Å². The zero-order valence-corrected chi connectivity index (χ0v) is 9.83. The highest BCUT2D eigenvalue weighted by Gasteiger charge is 2.17. The second-order valence-corrected chi connectivity index (χ2v) is 6.00. The van der Waals surface area contributed by atoms with Crippen LogP contribution in [0.25, 0.3) is 0 Å². The molecule has 0 fully saturated rings. The van der Waals surface area contributed by atoms with Gasteiger partial charge in [0, 0.05) is 0 Å². The van der Waals surface area contributed by atoms with Gasteiger partial charge in [0.05, 0.1) is 3.79 Å². The number of hydrogen-bond donors (Lipinski definition) is 1. The average molecular weight is 248 g/mol. The molecule has 12 heavy (non-hydrogen) atoms. The Bertz CT molecular complexity index is 255. The quantitative estimate of drug-likeness (QED) is 0.874. The molecule has 0 spiro atoms. The van der Waals surface area contributed by atoms with Gasteiger partial charge in [-0.3, -0.25) is 0 Å². The molecule has 0 aromatic carbocycles. The number of thiophene rings is 1. The fraction of sp³-hybridized carbons (Fsp3) is 0.556. The molecule has 0 aliphatic rings. The number of hydrogen-bond acceptors (Lipinski definition) is 2. The summed E-state index contributed by atoms with van der Waals surface area (Å²) in [5, 5.41) is 2.10. The van der Waals surface area contributed by atoms with Crippen molar-refractivity contribution in [3.8, 4) is 0 Å². The molecule has 68 valence electrons. The van der Waals surface area contributed by atoms with Crippen molar-refractivity contribution in [2.75, 3.05) is 6.54 Å². The molecular weight excluding hydrogens is 234 g/mol. The van der Waals surface area contributed by atoms with Gasteiger partial charge in [-0.1, -0.05) is 13.8 Å². The van der Waals surface area contributed by atoms with E-state index in [0.717, 1.165) is 13.0 Å². The van der Waals surface area contributed by atoms with E-state index in [1.807, 2.05) is 0 Å². The monoisotopic (exact) mass is 247 g/mol. The first kappa shape index (κ1) is 10.2. The summed E-state index contributed by atoms with van der Waals surface area (Å²) in [6, 6.07) is 2.16. The van der Waals surface area contributed by atoms with Crippen LogP contribution in [0.5, 0.6) is 0 Å². The lowest BCUT2D eigenvalue weighted by molar-refractivity contribution is 0.376. The summed E-state index contributed by atoms with van der Waals surface area (Å²) in [4.78, 5) is 0. The van der Waals surface area contributed by atoms with Crippen LogP contribution < -0.4 is 5.73 Å². The number of nitrogens with two attached hydrogens (primary N) is 1. The average Bonchev–Trinajstić information content (AvgIpc) is 2.36. The molecule has 0 aliphatic carbocycles. The Morgan fingerprint density at radius 3 is 2.67 bits per heavy atom. The third kappa shape index (κ3) is 2.57. The van der Waals surface area contributed by atoms with Gasteiger partial charge in [0.2, 0.25) is 0 Å². The van der Waals surface area contributed by atoms with Gasteiger partial charge < -0.3 is 5.73 Å². The fourth-order valence-electron chi connectivity index (χ4n) is 1.03. The smallest absolute Gasteiger partial charge is 0.0730 e. The largest absolute Gasteiger partial charge is 0.330 e. The van der Waals surface area contributed by atoms with Gasteiger partial charge in [0.25, 0.3) is 0 Å². The zero-order valence-electron chi connectivity index (χ0n) is 7.43. The van der Waals surface area contributed by atoms with Crippen LogP contribution in [0.1, 0.15) is 19.4 Å². The molecule has 1 nitrogen and oxygen atoms in total. The van der Waals surface area contributed by atoms with Crippen molar-refractivity contribution in [2.24, 2.45) is 11.1 Å². The minimum absolute atomic E-state index is 0.212. The first-order valence-electron chi connectivity index (χ1n) is 3.97. The molecule has 0 atom stereocenters. The summed E-state index contributed by atoms with van der Waals surface area (Å²) in [6.07, 6.45) is 1.05.